The molecular weight excluding hydrogens is 217 g/mol. The van der Waals surface area contributed by atoms with Gasteiger partial charge in [0.1, 0.15) is 0 Å². The van der Waals surface area contributed by atoms with Gasteiger partial charge >= 0.3 is 29.6 Å². The molecule has 1 amide bonds. The van der Waals surface area contributed by atoms with Gasteiger partial charge < -0.3 is 10.5 Å². The second-order valence-electron chi connectivity index (χ2n) is 1.85. The van der Waals surface area contributed by atoms with Crippen LogP contribution in [0.25, 0.3) is 5.73 Å². The summed E-state index contributed by atoms with van der Waals surface area (Å²) in [6.07, 6.45) is 1.42. The van der Waals surface area contributed by atoms with E-state index in [9.17, 15) is 13.2 Å². The van der Waals surface area contributed by atoms with Crippen molar-refractivity contribution in [2.24, 2.45) is 0 Å². The zero-order chi connectivity index (χ0) is 10.2. The van der Waals surface area contributed by atoms with Gasteiger partial charge in [0.05, 0.1) is 11.7 Å². The molecule has 80 valence electrons. The summed E-state index contributed by atoms with van der Waals surface area (Å²) in [5, 5.41) is 0. The van der Waals surface area contributed by atoms with Gasteiger partial charge in [-0.3, -0.25) is 4.55 Å². The van der Waals surface area contributed by atoms with Crippen molar-refractivity contribution in [3.63, 3.8) is 0 Å². The number of rotatable bonds is 3. The van der Waals surface area contributed by atoms with Crippen molar-refractivity contribution >= 4 is 16.0 Å². The number of hydrogen-bond donors (Lipinski definition) is 1. The van der Waals surface area contributed by atoms with Crippen LogP contribution in [0.5, 0.6) is 0 Å². The summed E-state index contributed by atoms with van der Waals surface area (Å²) in [4.78, 5) is 9.36. The fraction of sp³-hybridized carbons (Fsp3) is 0.571. The molecule has 0 bridgehead atoms. The van der Waals surface area contributed by atoms with E-state index in [1.54, 1.807) is 6.92 Å². The van der Waals surface area contributed by atoms with Crippen LogP contribution < -0.4 is 29.6 Å². The normalized spacial score (nSPS) is 8.14. The molecule has 7 heteroatoms. The molecule has 0 saturated carbocycles. The Bertz CT molecular complexity index is 238. The maximum absolute atomic E-state index is 9.79. The molecule has 14 heavy (non-hydrogen) atoms. The number of carbonyl (C=O) groups excluding carboxylic acids is 1. The molecule has 0 saturated heterocycles. The molecule has 0 radical (unpaired) electrons. The van der Waals surface area contributed by atoms with Crippen molar-refractivity contribution in [2.75, 3.05) is 5.75 Å². The smallest absolute Gasteiger partial charge is 0.664 e. The van der Waals surface area contributed by atoms with Gasteiger partial charge in [0, 0.05) is 0 Å². The van der Waals surface area contributed by atoms with Crippen LogP contribution in [0, 0.1) is 0 Å². The van der Waals surface area contributed by atoms with Crippen molar-refractivity contribution in [3.8, 4) is 0 Å². The molecule has 0 unspecified atom stereocenters. The standard InChI is InChI=1S/C3H5NO.C3H8O3S.CH4.Na/c1-2-3(4)5;1-2-3-7(4,5)6;;/h2H,1H2,(H2,4,5);2-3H2,1H3,(H,4,5,6);1H4;/q;;;+1/p-1. The van der Waals surface area contributed by atoms with Gasteiger partial charge in [-0.2, -0.15) is 8.42 Å². The van der Waals surface area contributed by atoms with Crippen molar-refractivity contribution in [1.82, 2.24) is 0 Å². The van der Waals surface area contributed by atoms with E-state index in [4.69, 9.17) is 10.3 Å². The number of amides is 1. The number of hydrogen-bond acceptors (Lipinski definition) is 3. The first-order chi connectivity index (χ1) is 5.33. The molecule has 0 aliphatic heterocycles. The van der Waals surface area contributed by atoms with Crippen molar-refractivity contribution in [2.45, 2.75) is 20.8 Å². The predicted molar refractivity (Wildman–Crippen MR) is 53.0 cm³/mol. The molecular formula is C7H16NNaO4S. The van der Waals surface area contributed by atoms with E-state index in [1.807, 2.05) is 0 Å². The average molecular weight is 233 g/mol. The maximum atomic E-state index is 9.79. The van der Waals surface area contributed by atoms with Crippen LogP contribution in [-0.2, 0) is 14.9 Å². The quantitative estimate of drug-likeness (QED) is 0.371. The van der Waals surface area contributed by atoms with Gasteiger partial charge in [-0.1, -0.05) is 20.9 Å². The fourth-order valence-corrected chi connectivity index (χ4v) is 0.774. The van der Waals surface area contributed by atoms with Crippen LogP contribution in [0.1, 0.15) is 20.8 Å². The van der Waals surface area contributed by atoms with Gasteiger partial charge in [0.15, 0.2) is 0 Å². The Morgan fingerprint density at radius 3 is 1.86 bits per heavy atom. The number of nitrogens with one attached hydrogen (secondary N) is 1. The van der Waals surface area contributed by atoms with Gasteiger partial charge in [-0.05, 0) is 12.5 Å². The Morgan fingerprint density at radius 1 is 1.57 bits per heavy atom. The fourth-order valence-electron chi connectivity index (χ4n) is 0.258. The van der Waals surface area contributed by atoms with E-state index >= 15 is 0 Å². The molecule has 0 atom stereocenters. The van der Waals surface area contributed by atoms with Crippen LogP contribution in [-0.4, -0.2) is 24.6 Å². The van der Waals surface area contributed by atoms with Crippen molar-refractivity contribution in [1.29, 1.82) is 0 Å². The third kappa shape index (κ3) is 40.0. The summed E-state index contributed by atoms with van der Waals surface area (Å²) in [7, 11) is -3.67. The summed E-state index contributed by atoms with van der Waals surface area (Å²) < 4.78 is 27.6. The Kier molecular flexibility index (Phi) is 22.2. The number of carbonyl (C=O) groups is 1. The Balaban J connectivity index is -0.0000000651. The van der Waals surface area contributed by atoms with Crippen molar-refractivity contribution in [3.05, 3.63) is 18.4 Å². The van der Waals surface area contributed by atoms with Crippen LogP contribution in [0.15, 0.2) is 12.7 Å². The minimum atomic E-state index is -3.67. The minimum absolute atomic E-state index is 0. The maximum Gasteiger partial charge on any atom is 1.00 e. The van der Waals surface area contributed by atoms with E-state index in [0.29, 0.717) is 6.42 Å². The van der Waals surface area contributed by atoms with Gasteiger partial charge in [-0.15, -0.1) is 0 Å². The summed E-state index contributed by atoms with van der Waals surface area (Å²) in [6.45, 7) is 4.71. The summed E-state index contributed by atoms with van der Waals surface area (Å²) >= 11 is 0. The topological polar surface area (TPSA) is 95.2 Å². The van der Waals surface area contributed by atoms with Crippen LogP contribution >= 0.6 is 0 Å². The first-order valence-corrected chi connectivity index (χ1v) is 4.77. The van der Waals surface area contributed by atoms with E-state index in [-0.39, 0.29) is 42.7 Å². The van der Waals surface area contributed by atoms with E-state index in [1.165, 1.54) is 0 Å². The molecule has 0 rings (SSSR count). The van der Waals surface area contributed by atoms with Gasteiger partial charge in [-0.25, -0.2) is 0 Å². The van der Waals surface area contributed by atoms with Gasteiger partial charge in [0.25, 0.3) is 10.1 Å². The summed E-state index contributed by atoms with van der Waals surface area (Å²) in [5.41, 5.74) is 6.07. The molecule has 0 aliphatic carbocycles. The largest absolute Gasteiger partial charge is 1.00 e. The Morgan fingerprint density at radius 2 is 1.86 bits per heavy atom. The van der Waals surface area contributed by atoms with Crippen LogP contribution in [0.2, 0.25) is 0 Å². The van der Waals surface area contributed by atoms with Gasteiger partial charge in [0.2, 0.25) is 0 Å². The molecule has 0 aromatic rings. The molecule has 0 spiro atoms. The molecule has 5 nitrogen and oxygen atoms in total. The zero-order valence-corrected chi connectivity index (χ0v) is 10.6. The third-order valence-electron chi connectivity index (χ3n) is 0.647. The monoisotopic (exact) mass is 233 g/mol. The Labute approximate surface area is 108 Å². The molecule has 0 aliphatic rings. The van der Waals surface area contributed by atoms with Crippen LogP contribution in [0.3, 0.4) is 0 Å². The first-order valence-electron chi connectivity index (χ1n) is 3.16. The summed E-state index contributed by atoms with van der Waals surface area (Å²) in [6, 6.07) is 0. The average Bonchev–Trinajstić information content (AvgIpc) is 1.86. The predicted octanol–water partition coefficient (Wildman–Crippen LogP) is -1.32. The molecule has 2 N–H and O–H groups in total. The second-order valence-corrected chi connectivity index (χ2v) is 3.43. The molecule has 0 heterocycles. The molecule has 0 fully saturated rings. The molecule has 0 aromatic carbocycles. The van der Waals surface area contributed by atoms with Crippen molar-refractivity contribution < 1.29 is 47.3 Å². The third-order valence-corrected chi connectivity index (χ3v) is 1.57. The minimum Gasteiger partial charge on any atom is -0.664 e. The zero-order valence-electron chi connectivity index (χ0n) is 7.78. The second kappa shape index (κ2) is 13.1. The first kappa shape index (κ1) is 23.7. The molecule has 0 aromatic heterocycles. The van der Waals surface area contributed by atoms with E-state index in [0.717, 1.165) is 6.08 Å². The van der Waals surface area contributed by atoms with E-state index < -0.39 is 16.0 Å². The summed E-state index contributed by atoms with van der Waals surface area (Å²) in [5.74, 6) is -0.863. The van der Waals surface area contributed by atoms with E-state index in [2.05, 4.69) is 6.58 Å². The Hall–Kier alpha value is 0.120. The van der Waals surface area contributed by atoms with Crippen LogP contribution in [0.4, 0.5) is 0 Å². The SMILES string of the molecule is C.C=CC([NH-])=O.CCCS(=O)(=O)O.[Na+].